The molecule has 2 aliphatic heterocycles. The zero-order valence-corrected chi connectivity index (χ0v) is 16.9. The van der Waals surface area contributed by atoms with E-state index in [0.29, 0.717) is 5.69 Å². The van der Waals surface area contributed by atoms with Crippen LogP contribution in [-0.2, 0) is 0 Å². The van der Waals surface area contributed by atoms with Gasteiger partial charge in [-0.15, -0.1) is 11.3 Å². The van der Waals surface area contributed by atoms with E-state index in [0.717, 1.165) is 61.6 Å². The summed E-state index contributed by atoms with van der Waals surface area (Å²) in [4.78, 5) is 26.4. The molecule has 0 unspecified atom stereocenters. The summed E-state index contributed by atoms with van der Waals surface area (Å²) in [6, 6.07) is 2.04. The molecular formula is C20H24N6OS. The van der Waals surface area contributed by atoms with E-state index in [2.05, 4.69) is 29.1 Å². The number of piperidine rings is 1. The van der Waals surface area contributed by atoms with Crippen molar-refractivity contribution in [3.05, 3.63) is 40.1 Å². The lowest BCUT2D eigenvalue weighted by molar-refractivity contribution is 0.0600. The number of amides is 1. The monoisotopic (exact) mass is 396 g/mol. The highest BCUT2D eigenvalue weighted by Gasteiger charge is 2.31. The van der Waals surface area contributed by atoms with Crippen LogP contribution in [0.2, 0.25) is 0 Å². The molecule has 0 saturated carbocycles. The summed E-state index contributed by atoms with van der Waals surface area (Å²) in [6.07, 6.45) is 7.58. The van der Waals surface area contributed by atoms with Gasteiger partial charge in [-0.25, -0.2) is 14.5 Å². The van der Waals surface area contributed by atoms with Crippen molar-refractivity contribution in [2.24, 2.45) is 0 Å². The Labute approximate surface area is 168 Å². The molecule has 0 radical (unpaired) electrons. The molecule has 5 rings (SSSR count). The Morgan fingerprint density at radius 2 is 2.00 bits per heavy atom. The fraction of sp³-hybridized carbons (Fsp3) is 0.500. The van der Waals surface area contributed by atoms with Gasteiger partial charge in [0.2, 0.25) is 0 Å². The minimum Gasteiger partial charge on any atom is -0.356 e. The maximum absolute atomic E-state index is 13.0. The average Bonchev–Trinajstić information content (AvgIpc) is 3.47. The Bertz CT molecular complexity index is 992. The predicted molar refractivity (Wildman–Crippen MR) is 109 cm³/mol. The van der Waals surface area contributed by atoms with Crippen molar-refractivity contribution in [2.45, 2.75) is 45.1 Å². The first-order valence-electron chi connectivity index (χ1n) is 10.0. The molecule has 8 heteroatoms. The molecule has 0 N–H and O–H groups in total. The smallest absolute Gasteiger partial charge is 0.273 e. The highest BCUT2D eigenvalue weighted by atomic mass is 32.1. The Balaban J connectivity index is 1.49. The van der Waals surface area contributed by atoms with Crippen molar-refractivity contribution in [2.75, 3.05) is 24.5 Å². The van der Waals surface area contributed by atoms with Gasteiger partial charge in [0.15, 0.2) is 5.65 Å². The molecule has 0 aliphatic carbocycles. The first-order chi connectivity index (χ1) is 13.7. The molecule has 1 amide bonds. The number of fused-ring (bicyclic) bond motifs is 1. The van der Waals surface area contributed by atoms with E-state index in [1.54, 1.807) is 5.51 Å². The first-order valence-corrected chi connectivity index (χ1v) is 11.0. The molecule has 2 fully saturated rings. The third-order valence-corrected chi connectivity index (χ3v) is 6.37. The number of rotatable bonds is 3. The van der Waals surface area contributed by atoms with Crippen LogP contribution in [0.1, 0.15) is 59.9 Å². The largest absolute Gasteiger partial charge is 0.356 e. The summed E-state index contributed by atoms with van der Waals surface area (Å²) >= 11 is 1.45. The molecule has 146 valence electrons. The lowest BCUT2D eigenvalue weighted by Gasteiger charge is -2.34. The molecule has 0 aromatic carbocycles. The molecular weight excluding hydrogens is 372 g/mol. The van der Waals surface area contributed by atoms with E-state index in [9.17, 15) is 4.79 Å². The van der Waals surface area contributed by atoms with Crippen LogP contribution in [0.5, 0.6) is 0 Å². The molecule has 2 saturated heterocycles. The van der Waals surface area contributed by atoms with Gasteiger partial charge >= 0.3 is 0 Å². The number of carbonyl (C=O) groups is 1. The van der Waals surface area contributed by atoms with Crippen molar-refractivity contribution >= 4 is 28.7 Å². The Morgan fingerprint density at radius 3 is 2.79 bits per heavy atom. The lowest BCUT2D eigenvalue weighted by Crippen LogP contribution is -2.38. The molecule has 3 aromatic heterocycles. The third kappa shape index (κ3) is 3.05. The number of aryl methyl sites for hydroxylation is 1. The summed E-state index contributed by atoms with van der Waals surface area (Å²) in [5.74, 6) is 1.07. The van der Waals surface area contributed by atoms with Crippen LogP contribution in [-0.4, -0.2) is 50.0 Å². The normalized spacial score (nSPS) is 20.2. The van der Waals surface area contributed by atoms with Crippen molar-refractivity contribution < 1.29 is 4.79 Å². The van der Waals surface area contributed by atoms with Crippen molar-refractivity contribution in [3.8, 4) is 0 Å². The first kappa shape index (κ1) is 17.6. The molecule has 2 aliphatic rings. The van der Waals surface area contributed by atoms with Gasteiger partial charge in [-0.3, -0.25) is 4.79 Å². The number of hydrogen-bond donors (Lipinski definition) is 0. The minimum atomic E-state index is -0.0137. The zero-order valence-electron chi connectivity index (χ0n) is 16.0. The van der Waals surface area contributed by atoms with Gasteiger partial charge in [0, 0.05) is 42.8 Å². The summed E-state index contributed by atoms with van der Waals surface area (Å²) < 4.78 is 1.87. The number of likely N-dealkylation sites (tertiary alicyclic amines) is 1. The topological polar surface area (TPSA) is 66.6 Å². The second-order valence-electron chi connectivity index (χ2n) is 7.70. The lowest BCUT2D eigenvalue weighted by atomic mass is 9.99. The van der Waals surface area contributed by atoms with E-state index in [4.69, 9.17) is 10.1 Å². The van der Waals surface area contributed by atoms with Crippen molar-refractivity contribution in [3.63, 3.8) is 0 Å². The number of nitrogens with zero attached hydrogens (tertiary/aromatic N) is 6. The number of anilines is 1. The van der Waals surface area contributed by atoms with Crippen LogP contribution in [0.25, 0.3) is 5.65 Å². The van der Waals surface area contributed by atoms with E-state index in [1.165, 1.54) is 24.2 Å². The van der Waals surface area contributed by atoms with Crippen LogP contribution in [0.4, 0.5) is 5.82 Å². The van der Waals surface area contributed by atoms with Gasteiger partial charge in [0.25, 0.3) is 5.91 Å². The summed E-state index contributed by atoms with van der Waals surface area (Å²) in [5.41, 5.74) is 5.17. The zero-order chi connectivity index (χ0) is 19.1. The van der Waals surface area contributed by atoms with Crippen LogP contribution >= 0.6 is 11.3 Å². The fourth-order valence-corrected chi connectivity index (χ4v) is 4.90. The maximum atomic E-state index is 13.0. The molecule has 0 bridgehead atoms. The SMILES string of the molecule is Cc1cn2nc([C@@H]3CCCCN3C(=O)c3cscn3)cc2nc1N1CCCC1. The highest BCUT2D eigenvalue weighted by Crippen LogP contribution is 2.32. The average molecular weight is 397 g/mol. The summed E-state index contributed by atoms with van der Waals surface area (Å²) in [7, 11) is 0. The van der Waals surface area contributed by atoms with Gasteiger partial charge < -0.3 is 9.80 Å². The maximum Gasteiger partial charge on any atom is 0.273 e. The van der Waals surface area contributed by atoms with Crippen molar-refractivity contribution in [1.29, 1.82) is 0 Å². The molecule has 5 heterocycles. The van der Waals surface area contributed by atoms with Gasteiger partial charge in [-0.1, -0.05) is 0 Å². The van der Waals surface area contributed by atoms with Gasteiger partial charge in [0.1, 0.15) is 11.5 Å². The number of hydrogen-bond acceptors (Lipinski definition) is 6. The highest BCUT2D eigenvalue weighted by molar-refractivity contribution is 7.07. The quantitative estimate of drug-likeness (QED) is 0.678. The second kappa shape index (κ2) is 7.16. The Morgan fingerprint density at radius 1 is 1.18 bits per heavy atom. The molecule has 0 spiro atoms. The van der Waals surface area contributed by atoms with Gasteiger partial charge in [0.05, 0.1) is 17.2 Å². The van der Waals surface area contributed by atoms with Gasteiger partial charge in [-0.2, -0.15) is 5.10 Å². The van der Waals surface area contributed by atoms with E-state index in [1.807, 2.05) is 14.8 Å². The Hall–Kier alpha value is -2.48. The fourth-order valence-electron chi connectivity index (χ4n) is 4.38. The van der Waals surface area contributed by atoms with Crippen LogP contribution < -0.4 is 4.90 Å². The standard InChI is InChI=1S/C20H24N6OS/c1-14-11-26-18(22-19(14)24-7-4-5-8-24)10-15(23-26)17-6-2-3-9-25(17)20(27)16-12-28-13-21-16/h10-13,17H,2-9H2,1H3/t17-/m0/s1. The Kier molecular flexibility index (Phi) is 4.50. The molecule has 3 aromatic rings. The van der Waals surface area contributed by atoms with Crippen molar-refractivity contribution in [1.82, 2.24) is 24.5 Å². The summed E-state index contributed by atoms with van der Waals surface area (Å²) in [6.45, 7) is 4.99. The number of carbonyl (C=O) groups excluding carboxylic acids is 1. The predicted octanol–water partition coefficient (Wildman–Crippen LogP) is 3.46. The second-order valence-corrected chi connectivity index (χ2v) is 8.42. The minimum absolute atomic E-state index is 0.00454. The van der Waals surface area contributed by atoms with Crippen LogP contribution in [0.15, 0.2) is 23.2 Å². The number of thiazole rings is 1. The molecule has 1 atom stereocenters. The number of aromatic nitrogens is 4. The molecule has 7 nitrogen and oxygen atoms in total. The van der Waals surface area contributed by atoms with E-state index >= 15 is 0 Å². The third-order valence-electron chi connectivity index (χ3n) is 5.79. The van der Waals surface area contributed by atoms with E-state index < -0.39 is 0 Å². The van der Waals surface area contributed by atoms with Crippen LogP contribution in [0.3, 0.4) is 0 Å². The van der Waals surface area contributed by atoms with Crippen LogP contribution in [0, 0.1) is 6.92 Å². The van der Waals surface area contributed by atoms with Gasteiger partial charge in [-0.05, 0) is 39.0 Å². The summed E-state index contributed by atoms with van der Waals surface area (Å²) in [5, 5.41) is 6.63. The van der Waals surface area contributed by atoms with E-state index in [-0.39, 0.29) is 11.9 Å². The molecule has 28 heavy (non-hydrogen) atoms.